The summed E-state index contributed by atoms with van der Waals surface area (Å²) < 4.78 is 1.95. The van der Waals surface area contributed by atoms with Crippen LogP contribution in [-0.4, -0.2) is 14.8 Å². The quantitative estimate of drug-likeness (QED) is 0.443. The summed E-state index contributed by atoms with van der Waals surface area (Å²) in [6.45, 7) is 4.87. The molecule has 3 nitrogen and oxygen atoms in total. The molecule has 0 spiro atoms. The van der Waals surface area contributed by atoms with Crippen LogP contribution in [-0.2, 0) is 12.3 Å². The molecule has 0 atom stereocenters. The normalized spacial score (nSPS) is 11.0. The molecule has 0 radical (unpaired) electrons. The molecule has 130 valence electrons. The third-order valence-electron chi connectivity index (χ3n) is 3.51. The topological polar surface area (TPSA) is 30.7 Å². The van der Waals surface area contributed by atoms with Crippen molar-refractivity contribution in [3.05, 3.63) is 64.0 Å². The van der Waals surface area contributed by atoms with Gasteiger partial charge in [0.1, 0.15) is 5.03 Å². The molecule has 7 heteroatoms. The first-order valence-electron chi connectivity index (χ1n) is 7.80. The van der Waals surface area contributed by atoms with Crippen molar-refractivity contribution >= 4 is 46.7 Å². The van der Waals surface area contributed by atoms with Crippen LogP contribution in [0.15, 0.2) is 57.5 Å². The monoisotopic (exact) mass is 409 g/mol. The maximum atomic E-state index is 6.43. The van der Waals surface area contributed by atoms with Gasteiger partial charge in [0.05, 0.1) is 0 Å². The summed E-state index contributed by atoms with van der Waals surface area (Å²) >= 11 is 16.0. The van der Waals surface area contributed by atoms with E-state index in [9.17, 15) is 0 Å². The average Bonchev–Trinajstić information content (AvgIpc) is 2.88. The van der Waals surface area contributed by atoms with Crippen LogP contribution in [0.25, 0.3) is 0 Å². The van der Waals surface area contributed by atoms with Crippen LogP contribution in [0.2, 0.25) is 10.2 Å². The Bertz CT molecular complexity index is 846. The number of aromatic nitrogens is 3. The van der Waals surface area contributed by atoms with Crippen LogP contribution in [0, 0.1) is 6.92 Å². The summed E-state index contributed by atoms with van der Waals surface area (Å²) in [5.74, 6) is 0.755. The summed E-state index contributed by atoms with van der Waals surface area (Å²) in [6, 6.07) is 10.0. The molecule has 3 aromatic rings. The Morgan fingerprint density at radius 2 is 1.84 bits per heavy atom. The molecule has 3 rings (SSSR count). The van der Waals surface area contributed by atoms with Gasteiger partial charge >= 0.3 is 0 Å². The first-order chi connectivity index (χ1) is 12.1. The van der Waals surface area contributed by atoms with E-state index in [-0.39, 0.29) is 0 Å². The molecule has 0 bridgehead atoms. The van der Waals surface area contributed by atoms with Crippen LogP contribution in [0.5, 0.6) is 0 Å². The maximum Gasteiger partial charge on any atom is 0.156 e. The number of pyridine rings is 1. The summed E-state index contributed by atoms with van der Waals surface area (Å²) in [6.07, 6.45) is 3.59. The minimum Gasteiger partial charge on any atom is -0.265 e. The molecule has 0 fully saturated rings. The zero-order valence-corrected chi connectivity index (χ0v) is 17.0. The predicted molar refractivity (Wildman–Crippen MR) is 107 cm³/mol. The molecular weight excluding hydrogens is 393 g/mol. The van der Waals surface area contributed by atoms with Crippen molar-refractivity contribution in [2.45, 2.75) is 41.0 Å². The van der Waals surface area contributed by atoms with Crippen molar-refractivity contribution in [3.8, 4) is 0 Å². The van der Waals surface area contributed by atoms with Gasteiger partial charge in [-0.05, 0) is 49.7 Å². The minimum absolute atomic E-state index is 0.560. The van der Waals surface area contributed by atoms with Gasteiger partial charge in [-0.3, -0.25) is 9.67 Å². The molecule has 0 amide bonds. The zero-order chi connectivity index (χ0) is 17.8. The number of aryl methyl sites for hydroxylation is 2. The summed E-state index contributed by atoms with van der Waals surface area (Å²) in [5.41, 5.74) is 2.18. The first-order valence-corrected chi connectivity index (χ1v) is 10.4. The van der Waals surface area contributed by atoms with E-state index >= 15 is 0 Å². The summed E-state index contributed by atoms with van der Waals surface area (Å²) in [4.78, 5) is 6.30. The average molecular weight is 410 g/mol. The molecule has 0 aliphatic heterocycles. The van der Waals surface area contributed by atoms with Gasteiger partial charge in [-0.25, -0.2) is 0 Å². The Morgan fingerprint density at radius 3 is 2.52 bits per heavy atom. The van der Waals surface area contributed by atoms with Crippen LogP contribution >= 0.6 is 46.7 Å². The van der Waals surface area contributed by atoms with Crippen LogP contribution < -0.4 is 0 Å². The first kappa shape index (κ1) is 18.6. The number of benzene rings is 1. The maximum absolute atomic E-state index is 6.43. The Labute approximate surface area is 166 Å². The van der Waals surface area contributed by atoms with Gasteiger partial charge in [-0.2, -0.15) is 5.10 Å². The fourth-order valence-electron chi connectivity index (χ4n) is 2.37. The molecule has 0 saturated heterocycles. The number of nitrogens with zero attached hydrogens (tertiary/aromatic N) is 3. The highest BCUT2D eigenvalue weighted by Gasteiger charge is 2.18. The van der Waals surface area contributed by atoms with Gasteiger partial charge < -0.3 is 0 Å². The summed E-state index contributed by atoms with van der Waals surface area (Å²) in [7, 11) is 0. The molecular formula is C18H17Cl2N3S2. The smallest absolute Gasteiger partial charge is 0.156 e. The Kier molecular flexibility index (Phi) is 6.34. The molecule has 0 saturated carbocycles. The van der Waals surface area contributed by atoms with Gasteiger partial charge in [0.2, 0.25) is 0 Å². The van der Waals surface area contributed by atoms with E-state index in [1.165, 1.54) is 0 Å². The van der Waals surface area contributed by atoms with Crippen LogP contribution in [0.4, 0.5) is 0 Å². The third-order valence-corrected chi connectivity index (χ3v) is 6.20. The Hall–Kier alpha value is -1.14. The molecule has 0 aliphatic carbocycles. The standard InChI is InChI=1S/C18H17Cl2N3S2/c1-3-23-18(25-15-9-12(2)8-13(19)10-15)16(17(20)22-23)11-24-14-4-6-21-7-5-14/h4-10H,3,11H2,1-2H3. The molecule has 2 aromatic heterocycles. The van der Waals surface area contributed by atoms with Crippen LogP contribution in [0.1, 0.15) is 18.1 Å². The van der Waals surface area contributed by atoms with E-state index in [1.807, 2.05) is 35.9 Å². The molecule has 0 N–H and O–H groups in total. The molecule has 2 heterocycles. The second kappa shape index (κ2) is 8.49. The molecule has 0 unspecified atom stereocenters. The lowest BCUT2D eigenvalue weighted by Crippen LogP contribution is -1.98. The fraction of sp³-hybridized carbons (Fsp3) is 0.222. The van der Waals surface area contributed by atoms with Crippen molar-refractivity contribution in [1.82, 2.24) is 14.8 Å². The second-order valence-corrected chi connectivity index (χ2v) is 8.33. The van der Waals surface area contributed by atoms with Gasteiger partial charge in [0.15, 0.2) is 5.15 Å². The molecule has 1 aromatic carbocycles. The number of halogens is 2. The number of thioether (sulfide) groups is 1. The minimum atomic E-state index is 0.560. The van der Waals surface area contributed by atoms with E-state index in [0.29, 0.717) is 5.15 Å². The van der Waals surface area contributed by atoms with E-state index in [2.05, 4.69) is 23.1 Å². The summed E-state index contributed by atoms with van der Waals surface area (Å²) in [5, 5.41) is 6.85. The van der Waals surface area contributed by atoms with E-state index in [1.54, 1.807) is 35.9 Å². The van der Waals surface area contributed by atoms with Gasteiger partial charge in [0.25, 0.3) is 0 Å². The van der Waals surface area contributed by atoms with Crippen molar-refractivity contribution in [3.63, 3.8) is 0 Å². The third kappa shape index (κ3) is 4.73. The number of hydrogen-bond acceptors (Lipinski definition) is 4. The molecule has 0 aliphatic rings. The van der Waals surface area contributed by atoms with Crippen LogP contribution in [0.3, 0.4) is 0 Å². The predicted octanol–water partition coefficient (Wildman–Crippen LogP) is 6.36. The number of rotatable bonds is 6. The van der Waals surface area contributed by atoms with E-state index in [0.717, 1.165) is 43.3 Å². The van der Waals surface area contributed by atoms with Gasteiger partial charge in [-0.15, -0.1) is 11.8 Å². The molecule has 25 heavy (non-hydrogen) atoms. The lowest BCUT2D eigenvalue weighted by atomic mass is 10.2. The van der Waals surface area contributed by atoms with E-state index < -0.39 is 0 Å². The van der Waals surface area contributed by atoms with Crippen molar-refractivity contribution in [2.75, 3.05) is 0 Å². The number of hydrogen-bond donors (Lipinski definition) is 0. The highest BCUT2D eigenvalue weighted by Crippen LogP contribution is 2.38. The van der Waals surface area contributed by atoms with Gasteiger partial charge in [-0.1, -0.05) is 35.0 Å². The lowest BCUT2D eigenvalue weighted by Gasteiger charge is -2.09. The zero-order valence-electron chi connectivity index (χ0n) is 13.9. The van der Waals surface area contributed by atoms with Crippen molar-refractivity contribution in [1.29, 1.82) is 0 Å². The van der Waals surface area contributed by atoms with Gasteiger partial charge in [0, 0.05) is 45.1 Å². The highest BCUT2D eigenvalue weighted by molar-refractivity contribution is 8.00. The van der Waals surface area contributed by atoms with E-state index in [4.69, 9.17) is 23.2 Å². The van der Waals surface area contributed by atoms with Crippen molar-refractivity contribution < 1.29 is 0 Å². The van der Waals surface area contributed by atoms with Crippen molar-refractivity contribution in [2.24, 2.45) is 0 Å². The largest absolute Gasteiger partial charge is 0.265 e. The second-order valence-electron chi connectivity index (χ2n) is 5.43. The SMILES string of the molecule is CCn1nc(Cl)c(CSc2ccncc2)c1Sc1cc(C)cc(Cl)c1. The fourth-order valence-corrected chi connectivity index (χ4v) is 5.32. The Balaban J connectivity index is 1.89. The highest BCUT2D eigenvalue weighted by atomic mass is 35.5. The Morgan fingerprint density at radius 1 is 1.08 bits per heavy atom. The lowest BCUT2D eigenvalue weighted by molar-refractivity contribution is 0.604.